The van der Waals surface area contributed by atoms with E-state index in [0.717, 1.165) is 15.8 Å². The van der Waals surface area contributed by atoms with Crippen LogP contribution in [0.3, 0.4) is 0 Å². The summed E-state index contributed by atoms with van der Waals surface area (Å²) in [6, 6.07) is 0. The summed E-state index contributed by atoms with van der Waals surface area (Å²) in [6.07, 6.45) is 1.73. The molecule has 8 heteroatoms. The number of nitrogens with two attached hydrogens (primary N) is 1. The molecular formula is C6H8N6S2. The normalized spacial score (nSPS) is 10.6. The summed E-state index contributed by atoms with van der Waals surface area (Å²) in [5.74, 6) is 0.739. The number of thioether (sulfide) groups is 1. The highest BCUT2D eigenvalue weighted by molar-refractivity contribution is 8.00. The first-order chi connectivity index (χ1) is 6.74. The minimum absolute atomic E-state index is 0.492. The van der Waals surface area contributed by atoms with Crippen molar-refractivity contribution in [3.63, 3.8) is 0 Å². The van der Waals surface area contributed by atoms with Crippen LogP contribution in [-0.2, 0) is 12.8 Å². The lowest BCUT2D eigenvalue weighted by Crippen LogP contribution is -1.92. The van der Waals surface area contributed by atoms with Crippen molar-refractivity contribution in [2.75, 3.05) is 5.73 Å². The van der Waals surface area contributed by atoms with Gasteiger partial charge in [0.1, 0.15) is 0 Å². The van der Waals surface area contributed by atoms with E-state index in [9.17, 15) is 0 Å². The van der Waals surface area contributed by atoms with Gasteiger partial charge in [-0.3, -0.25) is 0 Å². The van der Waals surface area contributed by atoms with Crippen molar-refractivity contribution in [3.05, 3.63) is 11.9 Å². The van der Waals surface area contributed by atoms with Crippen LogP contribution in [-0.4, -0.2) is 25.2 Å². The van der Waals surface area contributed by atoms with Crippen LogP contribution >= 0.6 is 23.1 Å². The van der Waals surface area contributed by atoms with Crippen molar-refractivity contribution in [1.82, 2.24) is 25.2 Å². The minimum Gasteiger partial charge on any atom is -0.374 e. The van der Waals surface area contributed by atoms with E-state index in [1.807, 2.05) is 0 Å². The average Bonchev–Trinajstić information content (AvgIpc) is 2.72. The first kappa shape index (κ1) is 9.41. The lowest BCUT2D eigenvalue weighted by Gasteiger charge is -1.90. The fraction of sp³-hybridized carbons (Fsp3) is 0.333. The zero-order valence-corrected chi connectivity index (χ0v) is 9.05. The minimum atomic E-state index is 0.492. The molecule has 0 atom stereocenters. The highest BCUT2D eigenvalue weighted by Crippen LogP contribution is 2.25. The van der Waals surface area contributed by atoms with Gasteiger partial charge in [0.2, 0.25) is 5.13 Å². The Kier molecular flexibility index (Phi) is 2.64. The van der Waals surface area contributed by atoms with Gasteiger partial charge in [0.25, 0.3) is 0 Å². The van der Waals surface area contributed by atoms with E-state index in [4.69, 9.17) is 5.73 Å². The third-order valence-corrected chi connectivity index (χ3v) is 3.33. The van der Waals surface area contributed by atoms with Crippen LogP contribution in [0.2, 0.25) is 0 Å². The van der Waals surface area contributed by atoms with E-state index < -0.39 is 0 Å². The van der Waals surface area contributed by atoms with Crippen LogP contribution in [0.1, 0.15) is 5.69 Å². The molecule has 0 aliphatic rings. The molecule has 2 rings (SSSR count). The summed E-state index contributed by atoms with van der Waals surface area (Å²) in [7, 11) is 1.79. The molecule has 0 aromatic carbocycles. The van der Waals surface area contributed by atoms with Gasteiger partial charge >= 0.3 is 0 Å². The predicted octanol–water partition coefficient (Wildman–Crippen LogP) is 0.541. The second kappa shape index (κ2) is 3.93. The predicted molar refractivity (Wildman–Crippen MR) is 54.9 cm³/mol. The van der Waals surface area contributed by atoms with Crippen LogP contribution in [0.4, 0.5) is 5.13 Å². The van der Waals surface area contributed by atoms with Crippen LogP contribution in [0.5, 0.6) is 0 Å². The van der Waals surface area contributed by atoms with E-state index in [1.54, 1.807) is 25.0 Å². The Morgan fingerprint density at radius 2 is 2.43 bits per heavy atom. The quantitative estimate of drug-likeness (QED) is 0.772. The van der Waals surface area contributed by atoms with Gasteiger partial charge in [-0.2, -0.15) is 15.0 Å². The van der Waals surface area contributed by atoms with Gasteiger partial charge in [-0.15, -0.1) is 10.2 Å². The molecular weight excluding hydrogens is 220 g/mol. The number of aromatic nitrogens is 5. The second-order valence-corrected chi connectivity index (χ2v) is 4.75. The monoisotopic (exact) mass is 228 g/mol. The molecule has 0 saturated carbocycles. The number of aryl methyl sites for hydroxylation is 1. The molecule has 0 spiro atoms. The molecule has 14 heavy (non-hydrogen) atoms. The number of rotatable bonds is 3. The van der Waals surface area contributed by atoms with E-state index in [0.29, 0.717) is 5.13 Å². The SMILES string of the molecule is Cn1ncc(CSc2nnc(N)s2)n1. The largest absolute Gasteiger partial charge is 0.374 e. The summed E-state index contributed by atoms with van der Waals surface area (Å²) in [6.45, 7) is 0. The van der Waals surface area contributed by atoms with Gasteiger partial charge < -0.3 is 5.73 Å². The third kappa shape index (κ3) is 2.20. The Bertz CT molecular complexity index is 381. The summed E-state index contributed by atoms with van der Waals surface area (Å²) < 4.78 is 0.855. The third-order valence-electron chi connectivity index (χ3n) is 1.41. The number of anilines is 1. The van der Waals surface area contributed by atoms with Crippen molar-refractivity contribution in [2.24, 2.45) is 7.05 Å². The fourth-order valence-corrected chi connectivity index (χ4v) is 2.38. The number of hydrogen-bond acceptors (Lipinski definition) is 7. The zero-order chi connectivity index (χ0) is 9.97. The van der Waals surface area contributed by atoms with Crippen LogP contribution in [0.25, 0.3) is 0 Å². The summed E-state index contributed by atoms with van der Waals surface area (Å²) in [4.78, 5) is 1.53. The average molecular weight is 228 g/mol. The van der Waals surface area contributed by atoms with E-state index in [2.05, 4.69) is 20.4 Å². The maximum Gasteiger partial charge on any atom is 0.203 e. The smallest absolute Gasteiger partial charge is 0.203 e. The molecule has 6 nitrogen and oxygen atoms in total. The molecule has 0 aliphatic heterocycles. The van der Waals surface area contributed by atoms with Crippen LogP contribution in [0.15, 0.2) is 10.5 Å². The molecule has 0 bridgehead atoms. The van der Waals surface area contributed by atoms with E-state index in [-0.39, 0.29) is 0 Å². The molecule has 0 unspecified atom stereocenters. The maximum absolute atomic E-state index is 5.45. The molecule has 0 radical (unpaired) electrons. The zero-order valence-electron chi connectivity index (χ0n) is 7.41. The van der Waals surface area contributed by atoms with Crippen molar-refractivity contribution in [1.29, 1.82) is 0 Å². The Labute approximate surface area is 88.5 Å². The lowest BCUT2D eigenvalue weighted by molar-refractivity contribution is 0.649. The Morgan fingerprint density at radius 3 is 3.00 bits per heavy atom. The first-order valence-electron chi connectivity index (χ1n) is 3.81. The first-order valence-corrected chi connectivity index (χ1v) is 5.61. The molecule has 0 fully saturated rings. The molecule has 0 aliphatic carbocycles. The second-order valence-electron chi connectivity index (χ2n) is 2.52. The molecule has 0 amide bonds. The molecule has 2 aromatic rings. The molecule has 2 N–H and O–H groups in total. The van der Waals surface area contributed by atoms with Gasteiger partial charge in [-0.05, 0) is 0 Å². The van der Waals surface area contributed by atoms with Crippen molar-refractivity contribution in [2.45, 2.75) is 10.1 Å². The van der Waals surface area contributed by atoms with Crippen LogP contribution in [0, 0.1) is 0 Å². The van der Waals surface area contributed by atoms with Gasteiger partial charge in [-0.1, -0.05) is 23.1 Å². The number of nitrogens with zero attached hydrogens (tertiary/aromatic N) is 5. The fourth-order valence-electron chi connectivity index (χ4n) is 0.868. The van der Waals surface area contributed by atoms with E-state index >= 15 is 0 Å². The Morgan fingerprint density at radius 1 is 1.57 bits per heavy atom. The number of nitrogen functional groups attached to an aromatic ring is 1. The van der Waals surface area contributed by atoms with Crippen molar-refractivity contribution in [3.8, 4) is 0 Å². The van der Waals surface area contributed by atoms with Crippen molar-refractivity contribution >= 4 is 28.2 Å². The molecule has 2 aromatic heterocycles. The maximum atomic E-state index is 5.45. The molecule has 0 saturated heterocycles. The van der Waals surface area contributed by atoms with Gasteiger partial charge in [0.05, 0.1) is 11.9 Å². The van der Waals surface area contributed by atoms with E-state index in [1.165, 1.54) is 16.1 Å². The lowest BCUT2D eigenvalue weighted by atomic mass is 10.6. The van der Waals surface area contributed by atoms with Crippen molar-refractivity contribution < 1.29 is 0 Å². The highest BCUT2D eigenvalue weighted by atomic mass is 32.2. The van der Waals surface area contributed by atoms with Gasteiger partial charge in [0, 0.05) is 12.8 Å². The summed E-state index contributed by atoms with van der Waals surface area (Å²) >= 11 is 2.93. The molecule has 2 heterocycles. The topological polar surface area (TPSA) is 82.5 Å². The van der Waals surface area contributed by atoms with Crippen LogP contribution < -0.4 is 5.73 Å². The standard InChI is InChI=1S/C6H8N6S2/c1-12-8-2-4(11-12)3-13-6-10-9-5(7)14-6/h2H,3H2,1H3,(H2,7,9). The van der Waals surface area contributed by atoms with Gasteiger partial charge in [-0.25, -0.2) is 0 Å². The Hall–Kier alpha value is -1.15. The molecule has 74 valence electrons. The number of hydrogen-bond donors (Lipinski definition) is 1. The highest BCUT2D eigenvalue weighted by Gasteiger charge is 2.04. The summed E-state index contributed by atoms with van der Waals surface area (Å²) in [5, 5.41) is 16.2. The van der Waals surface area contributed by atoms with Gasteiger partial charge in [0.15, 0.2) is 4.34 Å². The Balaban J connectivity index is 1.94. The summed E-state index contributed by atoms with van der Waals surface area (Å²) in [5.41, 5.74) is 6.37.